The van der Waals surface area contributed by atoms with Crippen LogP contribution in [0.5, 0.6) is 0 Å². The van der Waals surface area contributed by atoms with Crippen molar-refractivity contribution in [3.63, 3.8) is 0 Å². The second kappa shape index (κ2) is 6.45. The van der Waals surface area contributed by atoms with Crippen LogP contribution in [0.4, 0.5) is 5.82 Å². The van der Waals surface area contributed by atoms with Crippen LogP contribution >= 0.6 is 11.8 Å². The molecule has 0 radical (unpaired) electrons. The van der Waals surface area contributed by atoms with E-state index in [0.29, 0.717) is 11.6 Å². The first-order chi connectivity index (χ1) is 7.22. The summed E-state index contributed by atoms with van der Waals surface area (Å²) in [4.78, 5) is 15.5. The summed E-state index contributed by atoms with van der Waals surface area (Å²) in [5.74, 6) is 2.18. The van der Waals surface area contributed by atoms with Gasteiger partial charge in [0, 0.05) is 6.20 Å². The van der Waals surface area contributed by atoms with E-state index in [-0.39, 0.29) is 5.91 Å². The van der Waals surface area contributed by atoms with Crippen molar-refractivity contribution in [3.8, 4) is 0 Å². The molecule has 1 aromatic heterocycles. The predicted octanol–water partition coefficient (Wildman–Crippen LogP) is 2.47. The van der Waals surface area contributed by atoms with Gasteiger partial charge >= 0.3 is 0 Å². The van der Waals surface area contributed by atoms with E-state index in [1.165, 1.54) is 0 Å². The van der Waals surface area contributed by atoms with E-state index < -0.39 is 0 Å². The van der Waals surface area contributed by atoms with Crippen molar-refractivity contribution in [3.05, 3.63) is 23.9 Å². The van der Waals surface area contributed by atoms with Crippen LogP contribution in [0.15, 0.2) is 18.3 Å². The first-order valence-corrected chi connectivity index (χ1v) is 6.18. The molecule has 0 spiro atoms. The molecule has 1 amide bonds. The maximum absolute atomic E-state index is 11.4. The summed E-state index contributed by atoms with van der Waals surface area (Å²) in [5, 5.41) is 2.77. The van der Waals surface area contributed by atoms with Crippen LogP contribution in [0, 0.1) is 6.92 Å². The van der Waals surface area contributed by atoms with Crippen LogP contribution < -0.4 is 5.32 Å². The Balaban J connectivity index is 2.37. The van der Waals surface area contributed by atoms with Gasteiger partial charge in [-0.25, -0.2) is 4.98 Å². The first kappa shape index (κ1) is 12.0. The standard InChI is InChI=1S/C11H16N2OS/c1-3-6-15-8-11(14)13-10-7-9(2)4-5-12-10/h4-5,7H,3,6,8H2,1-2H3,(H,12,13,14). The number of carbonyl (C=O) groups is 1. The van der Waals surface area contributed by atoms with Gasteiger partial charge in [0.25, 0.3) is 0 Å². The summed E-state index contributed by atoms with van der Waals surface area (Å²) in [6.45, 7) is 4.08. The van der Waals surface area contributed by atoms with Gasteiger partial charge in [0.15, 0.2) is 0 Å². The lowest BCUT2D eigenvalue weighted by atomic mass is 10.3. The third-order valence-electron chi connectivity index (χ3n) is 1.76. The molecular formula is C11H16N2OS. The number of carbonyl (C=O) groups excluding carboxylic acids is 1. The molecule has 0 aliphatic rings. The summed E-state index contributed by atoms with van der Waals surface area (Å²) in [7, 11) is 0. The molecule has 1 N–H and O–H groups in total. The minimum atomic E-state index is 0.0200. The normalized spacial score (nSPS) is 10.0. The number of amides is 1. The maximum Gasteiger partial charge on any atom is 0.235 e. The summed E-state index contributed by atoms with van der Waals surface area (Å²) in [6, 6.07) is 3.77. The fourth-order valence-corrected chi connectivity index (χ4v) is 1.78. The third kappa shape index (κ3) is 4.83. The molecule has 0 bridgehead atoms. The Kier molecular flexibility index (Phi) is 5.18. The largest absolute Gasteiger partial charge is 0.310 e. The van der Waals surface area contributed by atoms with Crippen LogP contribution in [-0.4, -0.2) is 22.4 Å². The van der Waals surface area contributed by atoms with E-state index in [4.69, 9.17) is 0 Å². The van der Waals surface area contributed by atoms with Gasteiger partial charge < -0.3 is 5.32 Å². The number of thioether (sulfide) groups is 1. The molecule has 3 nitrogen and oxygen atoms in total. The number of aromatic nitrogens is 1. The highest BCUT2D eigenvalue weighted by atomic mass is 32.2. The smallest absolute Gasteiger partial charge is 0.235 e. The average molecular weight is 224 g/mol. The van der Waals surface area contributed by atoms with Crippen LogP contribution in [0.25, 0.3) is 0 Å². The Hall–Kier alpha value is -1.03. The minimum Gasteiger partial charge on any atom is -0.310 e. The van der Waals surface area contributed by atoms with Gasteiger partial charge in [-0.2, -0.15) is 11.8 Å². The number of rotatable bonds is 5. The van der Waals surface area contributed by atoms with Crippen molar-refractivity contribution < 1.29 is 4.79 Å². The van der Waals surface area contributed by atoms with E-state index in [2.05, 4.69) is 17.2 Å². The lowest BCUT2D eigenvalue weighted by molar-refractivity contribution is -0.113. The quantitative estimate of drug-likeness (QED) is 0.781. The zero-order valence-electron chi connectivity index (χ0n) is 9.12. The molecular weight excluding hydrogens is 208 g/mol. The molecule has 0 aromatic carbocycles. The molecule has 4 heteroatoms. The summed E-state index contributed by atoms with van der Waals surface area (Å²) < 4.78 is 0. The molecule has 0 unspecified atom stereocenters. The molecule has 0 aliphatic carbocycles. The van der Waals surface area contributed by atoms with Gasteiger partial charge in [-0.05, 0) is 36.8 Å². The Morgan fingerprint density at radius 1 is 1.60 bits per heavy atom. The fraction of sp³-hybridized carbons (Fsp3) is 0.455. The van der Waals surface area contributed by atoms with E-state index in [0.717, 1.165) is 17.7 Å². The highest BCUT2D eigenvalue weighted by molar-refractivity contribution is 7.99. The number of hydrogen-bond acceptors (Lipinski definition) is 3. The van der Waals surface area contributed by atoms with Gasteiger partial charge in [-0.3, -0.25) is 4.79 Å². The number of nitrogens with zero attached hydrogens (tertiary/aromatic N) is 1. The maximum atomic E-state index is 11.4. The first-order valence-electron chi connectivity index (χ1n) is 5.02. The number of nitrogens with one attached hydrogen (secondary N) is 1. The van der Waals surface area contributed by atoms with Gasteiger partial charge in [0.2, 0.25) is 5.91 Å². The van der Waals surface area contributed by atoms with Crippen LogP contribution in [0.1, 0.15) is 18.9 Å². The fourth-order valence-electron chi connectivity index (χ4n) is 1.09. The molecule has 1 heterocycles. The van der Waals surface area contributed by atoms with Crippen molar-refractivity contribution in [1.29, 1.82) is 0 Å². The molecule has 0 saturated heterocycles. The van der Waals surface area contributed by atoms with Crippen molar-refractivity contribution in [1.82, 2.24) is 4.98 Å². The Bertz CT molecular complexity index is 328. The Morgan fingerprint density at radius 3 is 3.07 bits per heavy atom. The molecule has 0 fully saturated rings. The number of anilines is 1. The highest BCUT2D eigenvalue weighted by Crippen LogP contribution is 2.07. The molecule has 0 aliphatic heterocycles. The second-order valence-corrected chi connectivity index (χ2v) is 4.42. The van der Waals surface area contributed by atoms with Crippen molar-refractivity contribution >= 4 is 23.5 Å². The Labute approximate surface area is 94.7 Å². The van der Waals surface area contributed by atoms with Crippen molar-refractivity contribution in [2.45, 2.75) is 20.3 Å². The Morgan fingerprint density at radius 2 is 2.40 bits per heavy atom. The monoisotopic (exact) mass is 224 g/mol. The molecule has 0 atom stereocenters. The third-order valence-corrected chi connectivity index (χ3v) is 2.93. The molecule has 1 aromatic rings. The average Bonchev–Trinajstić information content (AvgIpc) is 2.18. The SMILES string of the molecule is CCCSCC(=O)Nc1cc(C)ccn1. The minimum absolute atomic E-state index is 0.0200. The lowest BCUT2D eigenvalue weighted by Crippen LogP contribution is -2.15. The molecule has 82 valence electrons. The summed E-state index contributed by atoms with van der Waals surface area (Å²) in [5.41, 5.74) is 1.10. The van der Waals surface area contributed by atoms with E-state index in [1.54, 1.807) is 18.0 Å². The van der Waals surface area contributed by atoms with E-state index in [9.17, 15) is 4.79 Å². The van der Waals surface area contributed by atoms with Crippen LogP contribution in [0.2, 0.25) is 0 Å². The van der Waals surface area contributed by atoms with Crippen molar-refractivity contribution in [2.75, 3.05) is 16.8 Å². The zero-order valence-corrected chi connectivity index (χ0v) is 9.93. The zero-order chi connectivity index (χ0) is 11.1. The van der Waals surface area contributed by atoms with Gasteiger partial charge in [0.05, 0.1) is 5.75 Å². The second-order valence-electron chi connectivity index (χ2n) is 3.32. The van der Waals surface area contributed by atoms with Crippen LogP contribution in [-0.2, 0) is 4.79 Å². The number of hydrogen-bond donors (Lipinski definition) is 1. The summed E-state index contributed by atoms with van der Waals surface area (Å²) in [6.07, 6.45) is 2.80. The molecule has 1 rings (SSSR count). The van der Waals surface area contributed by atoms with Gasteiger partial charge in [-0.15, -0.1) is 0 Å². The summed E-state index contributed by atoms with van der Waals surface area (Å²) >= 11 is 1.64. The van der Waals surface area contributed by atoms with E-state index in [1.807, 2.05) is 19.1 Å². The number of aryl methyl sites for hydroxylation is 1. The van der Waals surface area contributed by atoms with Crippen molar-refractivity contribution in [2.24, 2.45) is 0 Å². The van der Waals surface area contributed by atoms with Gasteiger partial charge in [-0.1, -0.05) is 6.92 Å². The predicted molar refractivity (Wildman–Crippen MR) is 65.2 cm³/mol. The molecule has 0 saturated carbocycles. The van der Waals surface area contributed by atoms with E-state index >= 15 is 0 Å². The molecule has 15 heavy (non-hydrogen) atoms. The lowest BCUT2D eigenvalue weighted by Gasteiger charge is -2.04. The van der Waals surface area contributed by atoms with Crippen LogP contribution in [0.3, 0.4) is 0 Å². The van der Waals surface area contributed by atoms with Gasteiger partial charge in [0.1, 0.15) is 5.82 Å². The highest BCUT2D eigenvalue weighted by Gasteiger charge is 2.02. The number of pyridine rings is 1. The topological polar surface area (TPSA) is 42.0 Å².